The Hall–Kier alpha value is -1.48. The van der Waals surface area contributed by atoms with Crippen molar-refractivity contribution in [2.24, 2.45) is 7.05 Å². The molecule has 90 valence electrons. The van der Waals surface area contributed by atoms with Crippen LogP contribution in [0.3, 0.4) is 0 Å². The van der Waals surface area contributed by atoms with E-state index in [2.05, 4.69) is 29.2 Å². The van der Waals surface area contributed by atoms with Crippen LogP contribution >= 0.6 is 0 Å². The molecule has 17 heavy (non-hydrogen) atoms. The van der Waals surface area contributed by atoms with Crippen LogP contribution in [0.4, 0.5) is 5.69 Å². The second kappa shape index (κ2) is 4.08. The van der Waals surface area contributed by atoms with Crippen molar-refractivity contribution < 1.29 is 0 Å². The zero-order chi connectivity index (χ0) is 11.8. The van der Waals surface area contributed by atoms with E-state index in [1.807, 2.05) is 12.1 Å². The Morgan fingerprint density at radius 1 is 1.41 bits per heavy atom. The Balaban J connectivity index is 1.92. The van der Waals surface area contributed by atoms with Gasteiger partial charge in [0.05, 0.1) is 5.52 Å². The lowest BCUT2D eigenvalue weighted by Gasteiger charge is -2.26. The fourth-order valence-corrected chi connectivity index (χ4v) is 2.57. The molecule has 1 fully saturated rings. The van der Waals surface area contributed by atoms with Gasteiger partial charge in [-0.25, -0.2) is 0 Å². The number of aromatic nitrogens is 1. The van der Waals surface area contributed by atoms with E-state index in [4.69, 9.17) is 5.73 Å². The summed E-state index contributed by atoms with van der Waals surface area (Å²) in [5.74, 6) is 0. The van der Waals surface area contributed by atoms with Crippen molar-refractivity contribution in [3.8, 4) is 0 Å². The lowest BCUT2D eigenvalue weighted by atomic mass is 9.93. The Labute approximate surface area is 102 Å². The van der Waals surface area contributed by atoms with E-state index in [-0.39, 0.29) is 0 Å². The van der Waals surface area contributed by atoms with Crippen LogP contribution in [-0.2, 0) is 13.6 Å². The SMILES string of the molecule is Cn1cc(CNC2CCC2)c2c(N)cccc21. The molecule has 3 heteroatoms. The number of benzene rings is 1. The summed E-state index contributed by atoms with van der Waals surface area (Å²) in [5.41, 5.74) is 9.50. The molecule has 0 saturated heterocycles. The minimum absolute atomic E-state index is 0.718. The summed E-state index contributed by atoms with van der Waals surface area (Å²) in [6.45, 7) is 0.927. The molecule has 1 saturated carbocycles. The summed E-state index contributed by atoms with van der Waals surface area (Å²) in [7, 11) is 2.08. The van der Waals surface area contributed by atoms with Gasteiger partial charge in [0.2, 0.25) is 0 Å². The first-order valence-electron chi connectivity index (χ1n) is 6.31. The zero-order valence-electron chi connectivity index (χ0n) is 10.2. The summed E-state index contributed by atoms with van der Waals surface area (Å²) < 4.78 is 2.16. The predicted octanol–water partition coefficient (Wildman–Crippen LogP) is 2.40. The van der Waals surface area contributed by atoms with Gasteiger partial charge in [-0.3, -0.25) is 0 Å². The third-order valence-electron chi connectivity index (χ3n) is 3.81. The summed E-state index contributed by atoms with van der Waals surface area (Å²) in [5, 5.41) is 4.81. The number of nitrogens with zero attached hydrogens (tertiary/aromatic N) is 1. The van der Waals surface area contributed by atoms with Crippen molar-refractivity contribution in [1.82, 2.24) is 9.88 Å². The predicted molar refractivity (Wildman–Crippen MR) is 71.8 cm³/mol. The minimum atomic E-state index is 0.718. The number of fused-ring (bicyclic) bond motifs is 1. The second-order valence-corrected chi connectivity index (χ2v) is 5.02. The number of anilines is 1. The molecule has 1 aromatic heterocycles. The van der Waals surface area contributed by atoms with Crippen LogP contribution in [0, 0.1) is 0 Å². The van der Waals surface area contributed by atoms with E-state index >= 15 is 0 Å². The maximum Gasteiger partial charge on any atom is 0.0501 e. The van der Waals surface area contributed by atoms with Crippen molar-refractivity contribution in [2.45, 2.75) is 31.8 Å². The highest BCUT2D eigenvalue weighted by Crippen LogP contribution is 2.27. The summed E-state index contributed by atoms with van der Waals surface area (Å²) in [6, 6.07) is 6.84. The number of hydrogen-bond donors (Lipinski definition) is 2. The normalized spacial score (nSPS) is 16.3. The van der Waals surface area contributed by atoms with Gasteiger partial charge in [0.15, 0.2) is 0 Å². The van der Waals surface area contributed by atoms with E-state index in [0.29, 0.717) is 0 Å². The highest BCUT2D eigenvalue weighted by Gasteiger charge is 2.17. The van der Waals surface area contributed by atoms with E-state index in [0.717, 1.165) is 18.3 Å². The van der Waals surface area contributed by atoms with Crippen LogP contribution in [0.25, 0.3) is 10.9 Å². The largest absolute Gasteiger partial charge is 0.398 e. The van der Waals surface area contributed by atoms with Crippen molar-refractivity contribution in [3.63, 3.8) is 0 Å². The summed E-state index contributed by atoms with van der Waals surface area (Å²) >= 11 is 0. The maximum absolute atomic E-state index is 6.08. The molecule has 1 aromatic carbocycles. The molecule has 3 N–H and O–H groups in total. The van der Waals surface area contributed by atoms with Gasteiger partial charge in [0.1, 0.15) is 0 Å². The van der Waals surface area contributed by atoms with E-state index in [1.54, 1.807) is 0 Å². The Bertz CT molecular complexity index is 538. The minimum Gasteiger partial charge on any atom is -0.398 e. The van der Waals surface area contributed by atoms with Crippen molar-refractivity contribution in [2.75, 3.05) is 5.73 Å². The van der Waals surface area contributed by atoms with E-state index < -0.39 is 0 Å². The van der Waals surface area contributed by atoms with Gasteiger partial charge in [-0.05, 0) is 30.5 Å². The maximum atomic E-state index is 6.08. The number of nitrogens with two attached hydrogens (primary N) is 1. The molecule has 3 rings (SSSR count). The monoisotopic (exact) mass is 229 g/mol. The van der Waals surface area contributed by atoms with Crippen LogP contribution in [0.1, 0.15) is 24.8 Å². The van der Waals surface area contributed by atoms with Gasteiger partial charge in [0.25, 0.3) is 0 Å². The molecular weight excluding hydrogens is 210 g/mol. The van der Waals surface area contributed by atoms with Gasteiger partial charge in [-0.15, -0.1) is 0 Å². The molecule has 3 nitrogen and oxygen atoms in total. The molecule has 0 unspecified atom stereocenters. The van der Waals surface area contributed by atoms with Gasteiger partial charge in [-0.1, -0.05) is 12.5 Å². The topological polar surface area (TPSA) is 43.0 Å². The molecule has 0 amide bonds. The molecule has 0 atom stereocenters. The molecule has 0 aliphatic heterocycles. The highest BCUT2D eigenvalue weighted by atomic mass is 15.0. The number of nitrogen functional groups attached to an aromatic ring is 1. The molecule has 2 aromatic rings. The van der Waals surface area contributed by atoms with E-state index in [1.165, 1.54) is 35.7 Å². The molecule has 1 aliphatic rings. The van der Waals surface area contributed by atoms with Crippen LogP contribution in [0.15, 0.2) is 24.4 Å². The Morgan fingerprint density at radius 2 is 2.24 bits per heavy atom. The van der Waals surface area contributed by atoms with E-state index in [9.17, 15) is 0 Å². The fourth-order valence-electron chi connectivity index (χ4n) is 2.57. The number of hydrogen-bond acceptors (Lipinski definition) is 2. The standard InChI is InChI=1S/C14H19N3/c1-17-9-10(8-16-11-4-2-5-11)14-12(15)6-3-7-13(14)17/h3,6-7,9,11,16H,2,4-5,8,15H2,1H3. The van der Waals surface area contributed by atoms with Crippen LogP contribution < -0.4 is 11.1 Å². The van der Waals surface area contributed by atoms with Crippen LogP contribution in [-0.4, -0.2) is 10.6 Å². The van der Waals surface area contributed by atoms with Crippen molar-refractivity contribution in [3.05, 3.63) is 30.0 Å². The van der Waals surface area contributed by atoms with Crippen LogP contribution in [0.2, 0.25) is 0 Å². The first-order chi connectivity index (χ1) is 8.25. The average Bonchev–Trinajstić information content (AvgIpc) is 2.55. The van der Waals surface area contributed by atoms with Crippen molar-refractivity contribution in [1.29, 1.82) is 0 Å². The molecule has 0 bridgehead atoms. The first-order valence-corrected chi connectivity index (χ1v) is 6.31. The lowest BCUT2D eigenvalue weighted by molar-refractivity contribution is 0.338. The Kier molecular flexibility index (Phi) is 2.56. The second-order valence-electron chi connectivity index (χ2n) is 5.02. The fraction of sp³-hybridized carbons (Fsp3) is 0.429. The Morgan fingerprint density at radius 3 is 2.94 bits per heavy atom. The number of rotatable bonds is 3. The van der Waals surface area contributed by atoms with Gasteiger partial charge >= 0.3 is 0 Å². The number of aryl methyl sites for hydroxylation is 1. The first kappa shape index (κ1) is 10.7. The quantitative estimate of drug-likeness (QED) is 0.794. The molecule has 1 heterocycles. The smallest absolute Gasteiger partial charge is 0.0501 e. The summed E-state index contributed by atoms with van der Waals surface area (Å²) in [6.07, 6.45) is 6.20. The highest BCUT2D eigenvalue weighted by molar-refractivity contribution is 5.94. The van der Waals surface area contributed by atoms with Crippen molar-refractivity contribution >= 4 is 16.6 Å². The molecule has 0 spiro atoms. The van der Waals surface area contributed by atoms with Crippen LogP contribution in [0.5, 0.6) is 0 Å². The number of nitrogens with one attached hydrogen (secondary N) is 1. The molecular formula is C14H19N3. The molecule has 0 radical (unpaired) electrons. The average molecular weight is 229 g/mol. The van der Waals surface area contributed by atoms with Gasteiger partial charge in [0, 0.05) is 36.9 Å². The van der Waals surface area contributed by atoms with Gasteiger partial charge in [-0.2, -0.15) is 0 Å². The van der Waals surface area contributed by atoms with Gasteiger partial charge < -0.3 is 15.6 Å². The zero-order valence-corrected chi connectivity index (χ0v) is 10.2. The third kappa shape index (κ3) is 1.80. The lowest BCUT2D eigenvalue weighted by Crippen LogP contribution is -2.34. The third-order valence-corrected chi connectivity index (χ3v) is 3.81. The summed E-state index contributed by atoms with van der Waals surface area (Å²) in [4.78, 5) is 0. The molecule has 1 aliphatic carbocycles.